The lowest BCUT2D eigenvalue weighted by atomic mass is 9.83. The number of piperidine rings is 1. The van der Waals surface area contributed by atoms with E-state index in [0.717, 1.165) is 17.7 Å². The van der Waals surface area contributed by atoms with Gasteiger partial charge in [-0.15, -0.1) is 0 Å². The SMILES string of the molecule is O=C(O)[C@@H](Cc1ccccc1)NC(=O)N1C[C@@H]2C[C@@H](C1)c1cccc(=O)n1C2. The van der Waals surface area contributed by atoms with Crippen molar-refractivity contribution < 1.29 is 14.7 Å². The smallest absolute Gasteiger partial charge is 0.326 e. The molecular formula is C21H23N3O4. The van der Waals surface area contributed by atoms with Crippen molar-refractivity contribution in [3.8, 4) is 0 Å². The lowest BCUT2D eigenvalue weighted by molar-refractivity contribution is -0.139. The molecule has 1 saturated heterocycles. The van der Waals surface area contributed by atoms with Crippen LogP contribution in [0.1, 0.15) is 23.6 Å². The minimum Gasteiger partial charge on any atom is -0.480 e. The Bertz CT molecular complexity index is 940. The fraction of sp³-hybridized carbons (Fsp3) is 0.381. The molecule has 7 heteroatoms. The van der Waals surface area contributed by atoms with Crippen LogP contribution in [0.25, 0.3) is 0 Å². The van der Waals surface area contributed by atoms with Crippen molar-refractivity contribution in [1.29, 1.82) is 0 Å². The molecule has 2 N–H and O–H groups in total. The summed E-state index contributed by atoms with van der Waals surface area (Å²) in [5.74, 6) is -0.745. The molecule has 2 amide bonds. The van der Waals surface area contributed by atoms with Crippen LogP contribution in [-0.2, 0) is 17.8 Å². The fourth-order valence-electron chi connectivity index (χ4n) is 4.35. The van der Waals surface area contributed by atoms with E-state index < -0.39 is 12.0 Å². The maximum atomic E-state index is 12.8. The van der Waals surface area contributed by atoms with Gasteiger partial charge in [-0.3, -0.25) is 4.79 Å². The second-order valence-corrected chi connectivity index (χ2v) is 7.63. The first-order valence-corrected chi connectivity index (χ1v) is 9.53. The molecule has 0 saturated carbocycles. The lowest BCUT2D eigenvalue weighted by Crippen LogP contribution is -2.55. The Balaban J connectivity index is 1.47. The van der Waals surface area contributed by atoms with E-state index in [0.29, 0.717) is 19.6 Å². The summed E-state index contributed by atoms with van der Waals surface area (Å²) in [4.78, 5) is 38.2. The third kappa shape index (κ3) is 3.65. The van der Waals surface area contributed by atoms with Crippen LogP contribution in [0.4, 0.5) is 4.79 Å². The van der Waals surface area contributed by atoms with Gasteiger partial charge in [-0.2, -0.15) is 0 Å². The van der Waals surface area contributed by atoms with Gasteiger partial charge in [-0.05, 0) is 24.0 Å². The van der Waals surface area contributed by atoms with Crippen LogP contribution in [0.2, 0.25) is 0 Å². The molecule has 146 valence electrons. The van der Waals surface area contributed by atoms with Crippen LogP contribution < -0.4 is 10.9 Å². The average Bonchev–Trinajstić information content (AvgIpc) is 2.69. The molecule has 4 rings (SSSR count). The van der Waals surface area contributed by atoms with E-state index in [-0.39, 0.29) is 29.8 Å². The van der Waals surface area contributed by atoms with Crippen LogP contribution in [0.3, 0.4) is 0 Å². The number of fused-ring (bicyclic) bond motifs is 4. The maximum absolute atomic E-state index is 12.8. The van der Waals surface area contributed by atoms with E-state index in [1.165, 1.54) is 0 Å². The molecule has 0 radical (unpaired) electrons. The highest BCUT2D eigenvalue weighted by molar-refractivity contribution is 5.83. The first-order valence-electron chi connectivity index (χ1n) is 9.53. The number of carbonyl (C=O) groups excluding carboxylic acids is 1. The normalized spacial score (nSPS) is 21.5. The van der Waals surface area contributed by atoms with E-state index in [2.05, 4.69) is 5.32 Å². The van der Waals surface area contributed by atoms with Gasteiger partial charge in [0.05, 0.1) is 0 Å². The van der Waals surface area contributed by atoms with Crippen LogP contribution >= 0.6 is 0 Å². The molecule has 0 spiro atoms. The zero-order valence-electron chi connectivity index (χ0n) is 15.5. The third-order valence-electron chi connectivity index (χ3n) is 5.65. The Morgan fingerprint density at radius 1 is 1.07 bits per heavy atom. The molecule has 1 aromatic carbocycles. The number of likely N-dealkylation sites (tertiary alicyclic amines) is 1. The number of aliphatic carboxylic acids is 1. The summed E-state index contributed by atoms with van der Waals surface area (Å²) >= 11 is 0. The highest BCUT2D eigenvalue weighted by Gasteiger charge is 2.37. The number of aromatic nitrogens is 1. The molecule has 2 aromatic rings. The summed E-state index contributed by atoms with van der Waals surface area (Å²) in [6.07, 6.45) is 1.18. The average molecular weight is 381 g/mol. The molecular weight excluding hydrogens is 358 g/mol. The number of hydrogen-bond acceptors (Lipinski definition) is 3. The van der Waals surface area contributed by atoms with Crippen LogP contribution in [0, 0.1) is 5.92 Å². The van der Waals surface area contributed by atoms with Crippen molar-refractivity contribution in [3.63, 3.8) is 0 Å². The molecule has 2 aliphatic heterocycles. The second kappa shape index (κ2) is 7.50. The summed E-state index contributed by atoms with van der Waals surface area (Å²) in [7, 11) is 0. The predicted molar refractivity (Wildman–Crippen MR) is 103 cm³/mol. The fourth-order valence-corrected chi connectivity index (χ4v) is 4.35. The first-order chi connectivity index (χ1) is 13.5. The minimum atomic E-state index is -1.05. The quantitative estimate of drug-likeness (QED) is 0.843. The van der Waals surface area contributed by atoms with Crippen molar-refractivity contribution >= 4 is 12.0 Å². The van der Waals surface area contributed by atoms with E-state index in [1.807, 2.05) is 41.0 Å². The third-order valence-corrected chi connectivity index (χ3v) is 5.65. The molecule has 3 heterocycles. The topological polar surface area (TPSA) is 91.6 Å². The summed E-state index contributed by atoms with van der Waals surface area (Å²) in [5.41, 5.74) is 1.82. The Hall–Kier alpha value is -3.09. The van der Waals surface area contributed by atoms with E-state index in [1.54, 1.807) is 17.0 Å². The summed E-state index contributed by atoms with van der Waals surface area (Å²) in [5, 5.41) is 12.2. The van der Waals surface area contributed by atoms with Crippen LogP contribution in [0.5, 0.6) is 0 Å². The van der Waals surface area contributed by atoms with Gasteiger partial charge in [0.25, 0.3) is 5.56 Å². The molecule has 28 heavy (non-hydrogen) atoms. The number of nitrogens with zero attached hydrogens (tertiary/aromatic N) is 2. The van der Waals surface area contributed by atoms with Crippen LogP contribution in [0.15, 0.2) is 53.3 Å². The summed E-state index contributed by atoms with van der Waals surface area (Å²) in [6, 6.07) is 13.2. The number of benzene rings is 1. The molecule has 0 unspecified atom stereocenters. The van der Waals surface area contributed by atoms with Gasteiger partial charge in [-0.1, -0.05) is 36.4 Å². The van der Waals surface area contributed by atoms with Gasteiger partial charge in [0.1, 0.15) is 6.04 Å². The van der Waals surface area contributed by atoms with Gasteiger partial charge in [0.2, 0.25) is 0 Å². The number of amides is 2. The van der Waals surface area contributed by atoms with Gasteiger partial charge < -0.3 is 19.9 Å². The number of hydrogen-bond donors (Lipinski definition) is 2. The molecule has 2 aliphatic rings. The van der Waals surface area contributed by atoms with E-state index >= 15 is 0 Å². The van der Waals surface area contributed by atoms with Crippen molar-refractivity contribution in [2.45, 2.75) is 31.3 Å². The number of carbonyl (C=O) groups is 2. The lowest BCUT2D eigenvalue weighted by Gasteiger charge is -2.42. The van der Waals surface area contributed by atoms with E-state index in [4.69, 9.17) is 0 Å². The second-order valence-electron chi connectivity index (χ2n) is 7.63. The van der Waals surface area contributed by atoms with Crippen molar-refractivity contribution in [3.05, 3.63) is 70.1 Å². The van der Waals surface area contributed by atoms with Crippen molar-refractivity contribution in [2.24, 2.45) is 5.92 Å². The van der Waals surface area contributed by atoms with Gasteiger partial charge >= 0.3 is 12.0 Å². The minimum absolute atomic E-state index is 0.00101. The molecule has 1 aromatic heterocycles. The van der Waals surface area contributed by atoms with E-state index in [9.17, 15) is 19.5 Å². The molecule has 3 atom stereocenters. The maximum Gasteiger partial charge on any atom is 0.326 e. The highest BCUT2D eigenvalue weighted by atomic mass is 16.4. The van der Waals surface area contributed by atoms with Gasteiger partial charge in [0, 0.05) is 43.7 Å². The molecule has 2 bridgehead atoms. The first kappa shape index (κ1) is 18.3. The Morgan fingerprint density at radius 3 is 2.61 bits per heavy atom. The number of carboxylic acid groups (broad SMARTS) is 1. The largest absolute Gasteiger partial charge is 0.480 e. The number of nitrogens with one attached hydrogen (secondary N) is 1. The zero-order chi connectivity index (χ0) is 19.7. The predicted octanol–water partition coefficient (Wildman–Crippen LogP) is 1.67. The zero-order valence-corrected chi connectivity index (χ0v) is 15.5. The van der Waals surface area contributed by atoms with Gasteiger partial charge in [-0.25, -0.2) is 9.59 Å². The Kier molecular flexibility index (Phi) is 4.90. The number of pyridine rings is 1. The van der Waals surface area contributed by atoms with Crippen molar-refractivity contribution in [2.75, 3.05) is 13.1 Å². The molecule has 0 aliphatic carbocycles. The Labute approximate surface area is 162 Å². The summed E-state index contributed by atoms with van der Waals surface area (Å²) < 4.78 is 1.81. The number of rotatable bonds is 4. The number of urea groups is 1. The number of carboxylic acids is 1. The molecule has 7 nitrogen and oxygen atoms in total. The summed E-state index contributed by atoms with van der Waals surface area (Å²) in [6.45, 7) is 1.62. The molecule has 1 fully saturated rings. The monoisotopic (exact) mass is 381 g/mol. The van der Waals surface area contributed by atoms with Gasteiger partial charge in [0.15, 0.2) is 0 Å². The van der Waals surface area contributed by atoms with Crippen molar-refractivity contribution in [1.82, 2.24) is 14.8 Å². The highest BCUT2D eigenvalue weighted by Crippen LogP contribution is 2.34. The Morgan fingerprint density at radius 2 is 1.86 bits per heavy atom. The van der Waals surface area contributed by atoms with Crippen LogP contribution in [-0.4, -0.2) is 45.7 Å². The standard InChI is InChI=1S/C21H23N3O4/c25-19-8-4-7-18-16-9-15(12-24(18)19)11-23(13-16)21(28)22-17(20(26)27)10-14-5-2-1-3-6-14/h1-8,15-17H,9-13H2,(H,22,28)(H,26,27)/t15-,16-,17+/m0/s1.